The van der Waals surface area contributed by atoms with Crippen LogP contribution in [0.5, 0.6) is 0 Å². The molecule has 2 aliphatic heterocycles. The average Bonchev–Trinajstić information content (AvgIpc) is 2.96. The van der Waals surface area contributed by atoms with Gasteiger partial charge in [-0.2, -0.15) is 13.2 Å². The van der Waals surface area contributed by atoms with E-state index in [9.17, 15) is 13.2 Å². The zero-order valence-corrected chi connectivity index (χ0v) is 13.3. The molecule has 0 amide bonds. The quantitative estimate of drug-likeness (QED) is 0.914. The van der Waals surface area contributed by atoms with Gasteiger partial charge in [0.1, 0.15) is 9.88 Å². The van der Waals surface area contributed by atoms with Gasteiger partial charge in [-0.3, -0.25) is 4.90 Å². The van der Waals surface area contributed by atoms with Gasteiger partial charge in [0, 0.05) is 18.1 Å². The van der Waals surface area contributed by atoms with E-state index in [1.807, 2.05) is 7.05 Å². The molecule has 3 nitrogen and oxygen atoms in total. The van der Waals surface area contributed by atoms with E-state index in [0.717, 1.165) is 30.4 Å². The van der Waals surface area contributed by atoms with Crippen molar-refractivity contribution in [2.24, 2.45) is 0 Å². The van der Waals surface area contributed by atoms with Crippen LogP contribution in [0.1, 0.15) is 35.6 Å². The summed E-state index contributed by atoms with van der Waals surface area (Å²) in [7, 11) is 1.99. The molecule has 8 heteroatoms. The standard InChI is InChI=1S/C13H18F3N3S.ClH/c1-19(10-4-8-2-3-9(5-10)18-8)7-12-17-6-11(20-12)13(14,15)16;/h6,8-10,18H,2-5,7H2,1H3;1H. The van der Waals surface area contributed by atoms with Crippen LogP contribution in [0.25, 0.3) is 0 Å². The van der Waals surface area contributed by atoms with Crippen molar-refractivity contribution >= 4 is 23.7 Å². The Hall–Kier alpha value is -0.370. The summed E-state index contributed by atoms with van der Waals surface area (Å²) in [5.41, 5.74) is 0. The van der Waals surface area contributed by atoms with Gasteiger partial charge in [-0.1, -0.05) is 0 Å². The zero-order valence-electron chi connectivity index (χ0n) is 11.7. The van der Waals surface area contributed by atoms with Crippen molar-refractivity contribution in [3.05, 3.63) is 16.1 Å². The lowest BCUT2D eigenvalue weighted by Gasteiger charge is -2.35. The minimum atomic E-state index is -4.28. The lowest BCUT2D eigenvalue weighted by molar-refractivity contribution is -0.134. The van der Waals surface area contributed by atoms with E-state index in [-0.39, 0.29) is 12.4 Å². The summed E-state index contributed by atoms with van der Waals surface area (Å²) in [5, 5.41) is 4.12. The third-order valence-corrected chi connectivity index (χ3v) is 5.32. The van der Waals surface area contributed by atoms with Gasteiger partial charge >= 0.3 is 6.18 Å². The second kappa shape index (κ2) is 6.40. The fourth-order valence-electron chi connectivity index (χ4n) is 3.24. The molecule has 2 fully saturated rings. The van der Waals surface area contributed by atoms with Crippen LogP contribution in [0, 0.1) is 0 Å². The Labute approximate surface area is 132 Å². The summed E-state index contributed by atoms with van der Waals surface area (Å²) in [6.45, 7) is 0.505. The molecule has 1 N–H and O–H groups in total. The molecule has 2 saturated heterocycles. The molecule has 2 unspecified atom stereocenters. The van der Waals surface area contributed by atoms with Crippen molar-refractivity contribution < 1.29 is 13.2 Å². The Morgan fingerprint density at radius 1 is 1.33 bits per heavy atom. The lowest BCUT2D eigenvalue weighted by Crippen LogP contribution is -2.46. The normalized spacial score (nSPS) is 28.7. The van der Waals surface area contributed by atoms with E-state index in [1.54, 1.807) is 0 Å². The van der Waals surface area contributed by atoms with Crippen molar-refractivity contribution in [2.75, 3.05) is 7.05 Å². The maximum atomic E-state index is 12.6. The molecule has 0 saturated carbocycles. The first-order valence-electron chi connectivity index (χ1n) is 6.90. The van der Waals surface area contributed by atoms with Crippen molar-refractivity contribution in [3.63, 3.8) is 0 Å². The summed E-state index contributed by atoms with van der Waals surface area (Å²) in [6, 6.07) is 1.62. The number of piperidine rings is 1. The van der Waals surface area contributed by atoms with E-state index < -0.39 is 11.1 Å². The molecule has 0 aromatic carbocycles. The fourth-order valence-corrected chi connectivity index (χ4v) is 4.09. The van der Waals surface area contributed by atoms with Gasteiger partial charge in [-0.25, -0.2) is 4.98 Å². The van der Waals surface area contributed by atoms with Gasteiger partial charge < -0.3 is 5.32 Å². The lowest BCUT2D eigenvalue weighted by atomic mass is 9.99. The number of halogens is 4. The molecule has 0 aliphatic carbocycles. The predicted octanol–water partition coefficient (Wildman–Crippen LogP) is 3.30. The number of hydrogen-bond donors (Lipinski definition) is 1. The van der Waals surface area contributed by atoms with Gasteiger partial charge in [0.25, 0.3) is 0 Å². The molecule has 120 valence electrons. The predicted molar refractivity (Wildman–Crippen MR) is 78.8 cm³/mol. The maximum absolute atomic E-state index is 12.6. The molecule has 0 spiro atoms. The monoisotopic (exact) mass is 341 g/mol. The smallest absolute Gasteiger partial charge is 0.311 e. The van der Waals surface area contributed by atoms with Crippen LogP contribution >= 0.6 is 23.7 Å². The Kier molecular flexibility index (Phi) is 5.18. The number of thiazole rings is 1. The molecule has 1 aromatic heterocycles. The highest BCUT2D eigenvalue weighted by Gasteiger charge is 2.36. The molecule has 0 radical (unpaired) electrons. The summed E-state index contributed by atoms with van der Waals surface area (Å²) >= 11 is 0.756. The third-order valence-electron chi connectivity index (χ3n) is 4.29. The Bertz CT molecular complexity index is 467. The van der Waals surface area contributed by atoms with E-state index in [1.165, 1.54) is 12.8 Å². The number of rotatable bonds is 3. The highest BCUT2D eigenvalue weighted by Crippen LogP contribution is 2.34. The molecule has 3 rings (SSSR count). The fraction of sp³-hybridized carbons (Fsp3) is 0.769. The van der Waals surface area contributed by atoms with Crippen LogP contribution in [-0.2, 0) is 12.7 Å². The van der Waals surface area contributed by atoms with Crippen molar-refractivity contribution in [2.45, 2.75) is 56.5 Å². The highest BCUT2D eigenvalue weighted by atomic mass is 35.5. The van der Waals surface area contributed by atoms with Crippen LogP contribution in [0.15, 0.2) is 6.20 Å². The minimum Gasteiger partial charge on any atom is -0.311 e. The first-order valence-corrected chi connectivity index (χ1v) is 7.71. The average molecular weight is 342 g/mol. The van der Waals surface area contributed by atoms with Gasteiger partial charge in [0.05, 0.1) is 12.7 Å². The molecule has 1 aromatic rings. The molecule has 21 heavy (non-hydrogen) atoms. The van der Waals surface area contributed by atoms with Crippen LogP contribution < -0.4 is 5.32 Å². The van der Waals surface area contributed by atoms with Gasteiger partial charge in [-0.15, -0.1) is 23.7 Å². The summed E-state index contributed by atoms with van der Waals surface area (Å²) in [6.07, 6.45) is 1.30. The number of fused-ring (bicyclic) bond motifs is 2. The first-order chi connectivity index (χ1) is 9.41. The van der Waals surface area contributed by atoms with Gasteiger partial charge in [0.15, 0.2) is 0 Å². The Morgan fingerprint density at radius 2 is 1.95 bits per heavy atom. The first kappa shape index (κ1) is 17.0. The number of nitrogens with zero attached hydrogens (tertiary/aromatic N) is 2. The molecule has 2 atom stereocenters. The third kappa shape index (κ3) is 3.88. The maximum Gasteiger partial charge on any atom is 0.427 e. The van der Waals surface area contributed by atoms with Crippen LogP contribution in [0.4, 0.5) is 13.2 Å². The zero-order chi connectivity index (χ0) is 14.3. The number of hydrogen-bond acceptors (Lipinski definition) is 4. The van der Waals surface area contributed by atoms with E-state index >= 15 is 0 Å². The SMILES string of the molecule is CN(Cc1ncc(C(F)(F)F)s1)C1CC2CCC(C1)N2.Cl. The Balaban J connectivity index is 0.00000161. The van der Waals surface area contributed by atoms with Crippen molar-refractivity contribution in [3.8, 4) is 0 Å². The molecule has 2 bridgehead atoms. The molecule has 2 aliphatic rings. The van der Waals surface area contributed by atoms with Crippen molar-refractivity contribution in [1.29, 1.82) is 0 Å². The number of alkyl halides is 3. The molecular formula is C13H19ClF3N3S. The van der Waals surface area contributed by atoms with Crippen LogP contribution in [0.3, 0.4) is 0 Å². The van der Waals surface area contributed by atoms with E-state index in [0.29, 0.717) is 29.7 Å². The second-order valence-corrected chi connectivity index (χ2v) is 6.91. The summed E-state index contributed by atoms with van der Waals surface area (Å²) in [5.74, 6) is 0. The minimum absolute atomic E-state index is 0. The van der Waals surface area contributed by atoms with Gasteiger partial charge in [0.2, 0.25) is 0 Å². The summed E-state index contributed by atoms with van der Waals surface area (Å²) < 4.78 is 37.7. The van der Waals surface area contributed by atoms with E-state index in [4.69, 9.17) is 0 Å². The highest BCUT2D eigenvalue weighted by molar-refractivity contribution is 7.11. The second-order valence-electron chi connectivity index (χ2n) is 5.79. The Morgan fingerprint density at radius 3 is 2.48 bits per heavy atom. The molecule has 3 heterocycles. The van der Waals surface area contributed by atoms with Crippen molar-refractivity contribution in [1.82, 2.24) is 15.2 Å². The summed E-state index contributed by atoms with van der Waals surface area (Å²) in [4.78, 5) is 5.46. The van der Waals surface area contributed by atoms with E-state index in [2.05, 4.69) is 15.2 Å². The van der Waals surface area contributed by atoms with Crippen LogP contribution in [0.2, 0.25) is 0 Å². The topological polar surface area (TPSA) is 28.2 Å². The number of aromatic nitrogens is 1. The molecular weight excluding hydrogens is 323 g/mol. The van der Waals surface area contributed by atoms with Crippen LogP contribution in [-0.4, -0.2) is 35.1 Å². The van der Waals surface area contributed by atoms with Gasteiger partial charge in [-0.05, 0) is 32.7 Å². The number of nitrogens with one attached hydrogen (secondary N) is 1. The largest absolute Gasteiger partial charge is 0.427 e.